The van der Waals surface area contributed by atoms with Gasteiger partial charge in [-0.1, -0.05) is 69.3 Å². The molecule has 3 aromatic rings. The molecular weight excluding hydrogens is 388 g/mol. The Kier molecular flexibility index (Phi) is 6.14. The van der Waals surface area contributed by atoms with Crippen molar-refractivity contribution in [3.8, 4) is 11.3 Å². The second-order valence-corrected chi connectivity index (χ2v) is 10.1. The van der Waals surface area contributed by atoms with Gasteiger partial charge in [-0.3, -0.25) is 4.79 Å². The molecule has 0 amide bonds. The number of carbonyl (C=O) groups excluding carboxylic acids is 1. The maximum absolute atomic E-state index is 13.6. The number of carbonyl (C=O) groups is 1. The lowest BCUT2D eigenvalue weighted by molar-refractivity contribution is 0.0901. The van der Waals surface area contributed by atoms with Crippen molar-refractivity contribution in [3.05, 3.63) is 71.9 Å². The largest absolute Gasteiger partial charge is 0.271 e. The molecule has 4 rings (SSSR count). The molecule has 156 valence electrons. The van der Waals surface area contributed by atoms with Gasteiger partial charge in [-0.15, -0.1) is 11.8 Å². The summed E-state index contributed by atoms with van der Waals surface area (Å²) in [4.78, 5) is 14.7. The van der Waals surface area contributed by atoms with Crippen molar-refractivity contribution in [2.45, 2.75) is 62.5 Å². The van der Waals surface area contributed by atoms with Crippen LogP contribution in [0.1, 0.15) is 68.4 Å². The third-order valence-corrected chi connectivity index (χ3v) is 7.27. The summed E-state index contributed by atoms with van der Waals surface area (Å²) >= 11 is 1.59. The van der Waals surface area contributed by atoms with E-state index in [2.05, 4.69) is 45.0 Å². The maximum atomic E-state index is 13.6. The SMILES string of the molecule is CC(C)[C@@H]1CC[C@@H](C)c2c1nn(C(=O)[C@@H](C)Sc1ccccc1)c2-c1ccccc1. The Balaban J connectivity index is 1.81. The number of fused-ring (bicyclic) bond motifs is 1. The second kappa shape index (κ2) is 8.81. The van der Waals surface area contributed by atoms with Gasteiger partial charge in [-0.25, -0.2) is 0 Å². The minimum Gasteiger partial charge on any atom is -0.271 e. The second-order valence-electron chi connectivity index (χ2n) is 8.67. The van der Waals surface area contributed by atoms with Crippen LogP contribution in [0.5, 0.6) is 0 Å². The highest BCUT2D eigenvalue weighted by Gasteiger charge is 2.36. The fourth-order valence-electron chi connectivity index (χ4n) is 4.53. The number of nitrogens with zero attached hydrogens (tertiary/aromatic N) is 2. The zero-order valence-electron chi connectivity index (χ0n) is 18.2. The molecule has 0 radical (unpaired) electrons. The Morgan fingerprint density at radius 1 is 1.00 bits per heavy atom. The molecule has 0 aliphatic heterocycles. The van der Waals surface area contributed by atoms with Crippen molar-refractivity contribution in [2.24, 2.45) is 5.92 Å². The molecule has 1 aliphatic rings. The van der Waals surface area contributed by atoms with Gasteiger partial charge >= 0.3 is 0 Å². The van der Waals surface area contributed by atoms with Gasteiger partial charge in [0.15, 0.2) is 0 Å². The number of hydrogen-bond donors (Lipinski definition) is 0. The van der Waals surface area contributed by atoms with Crippen LogP contribution in [0.3, 0.4) is 0 Å². The van der Waals surface area contributed by atoms with Crippen LogP contribution in [-0.2, 0) is 0 Å². The van der Waals surface area contributed by atoms with Gasteiger partial charge in [0.05, 0.1) is 16.6 Å². The van der Waals surface area contributed by atoms with Gasteiger partial charge in [-0.05, 0) is 43.7 Å². The highest BCUT2D eigenvalue weighted by atomic mass is 32.2. The first-order valence-corrected chi connectivity index (χ1v) is 11.8. The average molecular weight is 419 g/mol. The predicted octanol–water partition coefficient (Wildman–Crippen LogP) is 7.01. The monoisotopic (exact) mass is 418 g/mol. The van der Waals surface area contributed by atoms with Crippen molar-refractivity contribution in [1.82, 2.24) is 9.78 Å². The van der Waals surface area contributed by atoms with Crippen molar-refractivity contribution in [1.29, 1.82) is 0 Å². The lowest BCUT2D eigenvalue weighted by Gasteiger charge is -2.28. The van der Waals surface area contributed by atoms with E-state index in [0.29, 0.717) is 17.8 Å². The lowest BCUT2D eigenvalue weighted by Crippen LogP contribution is -2.24. The number of benzene rings is 2. The van der Waals surface area contributed by atoms with E-state index in [1.165, 1.54) is 5.56 Å². The summed E-state index contributed by atoms with van der Waals surface area (Å²) in [6.07, 6.45) is 2.28. The molecule has 2 aromatic carbocycles. The smallest absolute Gasteiger partial charge is 0.260 e. The van der Waals surface area contributed by atoms with Crippen LogP contribution in [0.4, 0.5) is 0 Å². The summed E-state index contributed by atoms with van der Waals surface area (Å²) in [5, 5.41) is 4.78. The zero-order valence-corrected chi connectivity index (χ0v) is 19.0. The molecule has 3 nitrogen and oxygen atoms in total. The predicted molar refractivity (Wildman–Crippen MR) is 125 cm³/mol. The summed E-state index contributed by atoms with van der Waals surface area (Å²) < 4.78 is 1.72. The Labute approximate surface area is 183 Å². The normalized spacial score (nSPS) is 19.5. The molecule has 0 N–H and O–H groups in total. The molecule has 30 heavy (non-hydrogen) atoms. The zero-order chi connectivity index (χ0) is 21.3. The molecule has 0 spiro atoms. The Morgan fingerprint density at radius 3 is 2.27 bits per heavy atom. The Hall–Kier alpha value is -2.33. The summed E-state index contributed by atoms with van der Waals surface area (Å²) in [5.74, 6) is 1.37. The highest BCUT2D eigenvalue weighted by Crippen LogP contribution is 2.46. The van der Waals surface area contributed by atoms with Gasteiger partial charge in [0.1, 0.15) is 0 Å². The quantitative estimate of drug-likeness (QED) is 0.418. The third kappa shape index (κ3) is 3.98. The van der Waals surface area contributed by atoms with Crippen LogP contribution < -0.4 is 0 Å². The van der Waals surface area contributed by atoms with Crippen molar-refractivity contribution in [3.63, 3.8) is 0 Å². The number of thioether (sulfide) groups is 1. The molecule has 1 aliphatic carbocycles. The molecule has 4 heteroatoms. The van der Waals surface area contributed by atoms with Crippen LogP contribution in [0.25, 0.3) is 11.3 Å². The van der Waals surface area contributed by atoms with Gasteiger partial charge in [0, 0.05) is 21.9 Å². The number of rotatable bonds is 5. The van der Waals surface area contributed by atoms with E-state index in [9.17, 15) is 4.79 Å². The minimum atomic E-state index is -0.218. The topological polar surface area (TPSA) is 34.9 Å². The molecule has 0 bridgehead atoms. The fourth-order valence-corrected chi connectivity index (χ4v) is 5.45. The maximum Gasteiger partial charge on any atom is 0.260 e. The fraction of sp³-hybridized carbons (Fsp3) is 0.385. The van der Waals surface area contributed by atoms with Crippen LogP contribution in [0.2, 0.25) is 0 Å². The molecule has 0 saturated carbocycles. The van der Waals surface area contributed by atoms with E-state index in [1.54, 1.807) is 16.4 Å². The Bertz CT molecular complexity index is 1010. The van der Waals surface area contributed by atoms with Crippen molar-refractivity contribution >= 4 is 17.7 Å². The van der Waals surface area contributed by atoms with Gasteiger partial charge in [0.2, 0.25) is 0 Å². The number of hydrogen-bond acceptors (Lipinski definition) is 3. The number of aromatic nitrogens is 2. The third-order valence-electron chi connectivity index (χ3n) is 6.17. The standard InChI is InChI=1S/C26H30N2OS/c1-17(2)22-16-15-18(3)23-24(22)27-28(25(23)20-11-7-5-8-12-20)26(29)19(4)30-21-13-9-6-10-14-21/h5-14,17-19,22H,15-16H2,1-4H3/t18-,19-,22+/m1/s1. The van der Waals surface area contributed by atoms with Gasteiger partial charge in [-0.2, -0.15) is 9.78 Å². The molecule has 1 heterocycles. The van der Waals surface area contributed by atoms with E-state index >= 15 is 0 Å². The van der Waals surface area contributed by atoms with Crippen LogP contribution in [-0.4, -0.2) is 20.9 Å². The van der Waals surface area contributed by atoms with Crippen molar-refractivity contribution in [2.75, 3.05) is 0 Å². The molecule has 3 atom stereocenters. The summed E-state index contributed by atoms with van der Waals surface area (Å²) in [5.41, 5.74) is 4.48. The summed E-state index contributed by atoms with van der Waals surface area (Å²) in [7, 11) is 0. The Morgan fingerprint density at radius 2 is 1.63 bits per heavy atom. The summed E-state index contributed by atoms with van der Waals surface area (Å²) in [6.45, 7) is 8.79. The molecular formula is C26H30N2OS. The van der Waals surface area contributed by atoms with E-state index in [0.717, 1.165) is 34.7 Å². The molecule has 0 saturated heterocycles. The van der Waals surface area contributed by atoms with E-state index in [1.807, 2.05) is 43.3 Å². The van der Waals surface area contributed by atoms with Crippen LogP contribution in [0.15, 0.2) is 65.6 Å². The van der Waals surface area contributed by atoms with Crippen molar-refractivity contribution < 1.29 is 4.79 Å². The first-order chi connectivity index (χ1) is 14.5. The van der Waals surface area contributed by atoms with E-state index < -0.39 is 0 Å². The first kappa shape index (κ1) is 20.9. The molecule has 1 aromatic heterocycles. The van der Waals surface area contributed by atoms with Gasteiger partial charge < -0.3 is 0 Å². The van der Waals surface area contributed by atoms with Crippen LogP contribution in [0, 0.1) is 5.92 Å². The minimum absolute atomic E-state index is 0.0480. The van der Waals surface area contributed by atoms with Crippen LogP contribution >= 0.6 is 11.8 Å². The molecule has 0 fully saturated rings. The van der Waals surface area contributed by atoms with Gasteiger partial charge in [0.25, 0.3) is 5.91 Å². The average Bonchev–Trinajstić information content (AvgIpc) is 3.16. The summed E-state index contributed by atoms with van der Waals surface area (Å²) in [6, 6.07) is 20.4. The molecule has 0 unspecified atom stereocenters. The first-order valence-electron chi connectivity index (χ1n) is 10.9. The van der Waals surface area contributed by atoms with E-state index in [4.69, 9.17) is 5.10 Å². The highest BCUT2D eigenvalue weighted by molar-refractivity contribution is 8.00. The lowest BCUT2D eigenvalue weighted by atomic mass is 9.75. The van der Waals surface area contributed by atoms with E-state index in [-0.39, 0.29) is 11.2 Å².